The Bertz CT molecular complexity index is 326. The molecule has 1 rings (SSSR count). The zero-order chi connectivity index (χ0) is 16.6. The highest BCUT2D eigenvalue weighted by atomic mass is 16.6. The second-order valence-corrected chi connectivity index (χ2v) is 7.62. The molecule has 0 spiro atoms. The Morgan fingerprint density at radius 3 is 2.68 bits per heavy atom. The number of likely N-dealkylation sites (tertiary alicyclic amines) is 1. The molecule has 2 unspecified atom stereocenters. The number of carbonyl (C=O) groups excluding carboxylic acids is 1. The maximum Gasteiger partial charge on any atom is 0.410 e. The predicted octanol–water partition coefficient (Wildman–Crippen LogP) is 4.33. The second-order valence-electron chi connectivity index (χ2n) is 7.62. The van der Waals surface area contributed by atoms with Crippen LogP contribution in [0.1, 0.15) is 79.6 Å². The van der Waals surface area contributed by atoms with Gasteiger partial charge < -0.3 is 15.0 Å². The summed E-state index contributed by atoms with van der Waals surface area (Å²) >= 11 is 0. The Morgan fingerprint density at radius 2 is 2.05 bits per heavy atom. The Morgan fingerprint density at radius 1 is 1.32 bits per heavy atom. The first-order chi connectivity index (χ1) is 10.3. The van der Waals surface area contributed by atoms with Crippen molar-refractivity contribution in [2.75, 3.05) is 13.1 Å². The van der Waals surface area contributed by atoms with E-state index in [0.29, 0.717) is 12.1 Å². The molecule has 1 fully saturated rings. The first-order valence-electron chi connectivity index (χ1n) is 9.06. The lowest BCUT2D eigenvalue weighted by Gasteiger charge is -2.38. The van der Waals surface area contributed by atoms with E-state index in [-0.39, 0.29) is 6.09 Å². The Balaban J connectivity index is 2.45. The van der Waals surface area contributed by atoms with Crippen molar-refractivity contribution in [2.45, 2.75) is 97.2 Å². The first-order valence-corrected chi connectivity index (χ1v) is 9.06. The third kappa shape index (κ3) is 7.48. The molecular weight excluding hydrogens is 276 g/mol. The predicted molar refractivity (Wildman–Crippen MR) is 92.2 cm³/mol. The Hall–Kier alpha value is -0.770. The molecule has 4 heteroatoms. The molecule has 0 aromatic carbocycles. The van der Waals surface area contributed by atoms with Crippen molar-refractivity contribution in [1.29, 1.82) is 0 Å². The van der Waals surface area contributed by atoms with Gasteiger partial charge >= 0.3 is 6.09 Å². The van der Waals surface area contributed by atoms with Crippen LogP contribution in [0.25, 0.3) is 0 Å². The van der Waals surface area contributed by atoms with Crippen LogP contribution < -0.4 is 5.32 Å². The smallest absolute Gasteiger partial charge is 0.410 e. The molecule has 2 atom stereocenters. The average Bonchev–Trinajstić information content (AvgIpc) is 2.42. The molecule has 0 aromatic rings. The van der Waals surface area contributed by atoms with Crippen molar-refractivity contribution in [3.63, 3.8) is 0 Å². The lowest BCUT2D eigenvalue weighted by molar-refractivity contribution is 0.00791. The summed E-state index contributed by atoms with van der Waals surface area (Å²) in [6.45, 7) is 12.2. The standard InChI is InChI=1S/C18H36N2O2/c1-6-7-9-12-19-15(2)14-16-11-8-10-13-20(16)17(21)22-18(3,4)5/h15-16,19H,6-14H2,1-5H3. The highest BCUT2D eigenvalue weighted by Gasteiger charge is 2.31. The minimum absolute atomic E-state index is 0.143. The fourth-order valence-electron chi connectivity index (χ4n) is 3.02. The van der Waals surface area contributed by atoms with Gasteiger partial charge in [-0.15, -0.1) is 0 Å². The molecule has 4 nitrogen and oxygen atoms in total. The van der Waals surface area contributed by atoms with Crippen LogP contribution in [0, 0.1) is 0 Å². The van der Waals surface area contributed by atoms with Crippen LogP contribution in [0.4, 0.5) is 4.79 Å². The third-order valence-corrected chi connectivity index (χ3v) is 4.15. The molecule has 1 aliphatic heterocycles. The molecule has 1 saturated heterocycles. The van der Waals surface area contributed by atoms with Crippen LogP contribution in [-0.4, -0.2) is 41.8 Å². The molecule has 1 aliphatic rings. The summed E-state index contributed by atoms with van der Waals surface area (Å²) in [5.74, 6) is 0. The van der Waals surface area contributed by atoms with Gasteiger partial charge in [0.2, 0.25) is 0 Å². The van der Waals surface area contributed by atoms with Gasteiger partial charge in [-0.2, -0.15) is 0 Å². The van der Waals surface area contributed by atoms with Gasteiger partial charge in [0.15, 0.2) is 0 Å². The summed E-state index contributed by atoms with van der Waals surface area (Å²) in [6.07, 6.45) is 8.06. The fourth-order valence-corrected chi connectivity index (χ4v) is 3.02. The molecule has 1 N–H and O–H groups in total. The monoisotopic (exact) mass is 312 g/mol. The van der Waals surface area contributed by atoms with Crippen LogP contribution in [0.15, 0.2) is 0 Å². The number of carbonyl (C=O) groups is 1. The van der Waals surface area contributed by atoms with E-state index >= 15 is 0 Å². The van der Waals surface area contributed by atoms with E-state index < -0.39 is 5.60 Å². The lowest BCUT2D eigenvalue weighted by Crippen LogP contribution is -2.48. The first kappa shape index (κ1) is 19.3. The van der Waals surface area contributed by atoms with Gasteiger partial charge in [-0.05, 0) is 66.3 Å². The van der Waals surface area contributed by atoms with Crippen LogP contribution >= 0.6 is 0 Å². The third-order valence-electron chi connectivity index (χ3n) is 4.15. The molecule has 1 heterocycles. The maximum atomic E-state index is 12.4. The minimum Gasteiger partial charge on any atom is -0.444 e. The van der Waals surface area contributed by atoms with Crippen molar-refractivity contribution < 1.29 is 9.53 Å². The minimum atomic E-state index is -0.414. The SMILES string of the molecule is CCCCCNC(C)CC1CCCCN1C(=O)OC(C)(C)C. The summed E-state index contributed by atoms with van der Waals surface area (Å²) in [5, 5.41) is 3.59. The van der Waals surface area contributed by atoms with Crippen LogP contribution in [-0.2, 0) is 4.74 Å². The summed E-state index contributed by atoms with van der Waals surface area (Å²) in [5.41, 5.74) is -0.414. The topological polar surface area (TPSA) is 41.6 Å². The van der Waals surface area contributed by atoms with Crippen LogP contribution in [0.5, 0.6) is 0 Å². The van der Waals surface area contributed by atoms with Gasteiger partial charge in [-0.1, -0.05) is 19.8 Å². The van der Waals surface area contributed by atoms with E-state index in [4.69, 9.17) is 4.74 Å². The fraction of sp³-hybridized carbons (Fsp3) is 0.944. The van der Waals surface area contributed by atoms with Gasteiger partial charge in [0, 0.05) is 18.6 Å². The molecule has 0 radical (unpaired) electrons. The highest BCUT2D eigenvalue weighted by Crippen LogP contribution is 2.23. The quantitative estimate of drug-likeness (QED) is 0.711. The van der Waals surface area contributed by atoms with E-state index in [0.717, 1.165) is 32.4 Å². The van der Waals surface area contributed by atoms with E-state index in [1.54, 1.807) is 0 Å². The molecule has 130 valence electrons. The molecule has 22 heavy (non-hydrogen) atoms. The summed E-state index contributed by atoms with van der Waals surface area (Å²) in [4.78, 5) is 14.3. The normalized spacial score (nSPS) is 20.8. The summed E-state index contributed by atoms with van der Waals surface area (Å²) in [7, 11) is 0. The number of unbranched alkanes of at least 4 members (excludes halogenated alkanes) is 2. The molecule has 1 amide bonds. The molecule has 0 saturated carbocycles. The number of hydrogen-bond donors (Lipinski definition) is 1. The van der Waals surface area contributed by atoms with Gasteiger partial charge in [0.1, 0.15) is 5.60 Å². The number of rotatable bonds is 7. The van der Waals surface area contributed by atoms with E-state index in [9.17, 15) is 4.79 Å². The number of nitrogens with one attached hydrogen (secondary N) is 1. The number of piperidine rings is 1. The van der Waals surface area contributed by atoms with Gasteiger partial charge in [0.25, 0.3) is 0 Å². The second kappa shape index (κ2) is 9.39. The van der Waals surface area contributed by atoms with Gasteiger partial charge in [0.05, 0.1) is 0 Å². The largest absolute Gasteiger partial charge is 0.444 e. The van der Waals surface area contributed by atoms with Crippen molar-refractivity contribution >= 4 is 6.09 Å². The molecular formula is C18H36N2O2. The van der Waals surface area contributed by atoms with E-state index in [1.165, 1.54) is 25.7 Å². The lowest BCUT2D eigenvalue weighted by atomic mass is 9.96. The van der Waals surface area contributed by atoms with Crippen molar-refractivity contribution in [3.05, 3.63) is 0 Å². The van der Waals surface area contributed by atoms with E-state index in [2.05, 4.69) is 19.2 Å². The highest BCUT2D eigenvalue weighted by molar-refractivity contribution is 5.68. The number of nitrogens with zero attached hydrogens (tertiary/aromatic N) is 1. The summed E-state index contributed by atoms with van der Waals surface area (Å²) in [6, 6.07) is 0.766. The molecule has 0 aliphatic carbocycles. The zero-order valence-electron chi connectivity index (χ0n) is 15.3. The van der Waals surface area contributed by atoms with Crippen LogP contribution in [0.3, 0.4) is 0 Å². The number of amides is 1. The van der Waals surface area contributed by atoms with Crippen molar-refractivity contribution in [2.24, 2.45) is 0 Å². The average molecular weight is 312 g/mol. The number of ether oxygens (including phenoxy) is 1. The zero-order valence-corrected chi connectivity index (χ0v) is 15.3. The molecule has 0 aromatic heterocycles. The summed E-state index contributed by atoms with van der Waals surface area (Å²) < 4.78 is 5.57. The van der Waals surface area contributed by atoms with Crippen molar-refractivity contribution in [3.8, 4) is 0 Å². The van der Waals surface area contributed by atoms with Crippen LogP contribution in [0.2, 0.25) is 0 Å². The Labute approximate surface area is 137 Å². The number of hydrogen-bond acceptors (Lipinski definition) is 3. The molecule has 0 bridgehead atoms. The van der Waals surface area contributed by atoms with Gasteiger partial charge in [-0.25, -0.2) is 4.79 Å². The van der Waals surface area contributed by atoms with Gasteiger partial charge in [-0.3, -0.25) is 0 Å². The maximum absolute atomic E-state index is 12.4. The van der Waals surface area contributed by atoms with Crippen molar-refractivity contribution in [1.82, 2.24) is 10.2 Å². The Kier molecular flexibility index (Phi) is 8.23. The van der Waals surface area contributed by atoms with E-state index in [1.807, 2.05) is 25.7 Å².